The monoisotopic (exact) mass is 268 g/mol. The molecule has 4 nitrogen and oxygen atoms in total. The van der Waals surface area contributed by atoms with Gasteiger partial charge < -0.3 is 0 Å². The minimum absolute atomic E-state index is 0.720. The first-order valence-corrected chi connectivity index (χ1v) is 8.30. The van der Waals surface area contributed by atoms with Crippen LogP contribution in [0, 0.1) is 0 Å². The van der Waals surface area contributed by atoms with Gasteiger partial charge in [-0.2, -0.15) is 10.1 Å². The van der Waals surface area contributed by atoms with Crippen LogP contribution in [0.1, 0.15) is 84.0 Å². The summed E-state index contributed by atoms with van der Waals surface area (Å²) in [6, 6.07) is 0. The summed E-state index contributed by atoms with van der Waals surface area (Å²) in [5, 5.41) is 9.69. The molecule has 1 rings (SSSR count). The molecule has 112 valence electrons. The highest BCUT2D eigenvalue weighted by Gasteiger charge is 2.05. The van der Waals surface area contributed by atoms with Crippen molar-refractivity contribution in [3.63, 3.8) is 0 Å². The Balaban J connectivity index is 1.67. The SMILES string of the molecule is CCCCCCCCCCCCCCN1CN=NN1. The smallest absolute Gasteiger partial charge is 0.133 e. The van der Waals surface area contributed by atoms with Gasteiger partial charge in [-0.15, -0.1) is 0 Å². The molecule has 1 heterocycles. The van der Waals surface area contributed by atoms with Crippen LogP contribution in [-0.4, -0.2) is 18.2 Å². The molecule has 0 aromatic heterocycles. The van der Waals surface area contributed by atoms with E-state index in [1.54, 1.807) is 0 Å². The topological polar surface area (TPSA) is 40.0 Å². The standard InChI is InChI=1S/C15H32N4/c1-2-3-4-5-6-7-8-9-10-11-12-13-14-19-15-16-17-18-19/h2-15H2,1H3,(H,16,18). The lowest BCUT2D eigenvalue weighted by Gasteiger charge is -2.11. The molecule has 0 saturated heterocycles. The van der Waals surface area contributed by atoms with E-state index in [1.807, 2.05) is 0 Å². The van der Waals surface area contributed by atoms with Crippen LogP contribution >= 0.6 is 0 Å². The van der Waals surface area contributed by atoms with Gasteiger partial charge in [-0.1, -0.05) is 82.8 Å². The zero-order chi connectivity index (χ0) is 13.6. The predicted molar refractivity (Wildman–Crippen MR) is 80.6 cm³/mol. The van der Waals surface area contributed by atoms with Crippen LogP contribution in [0.2, 0.25) is 0 Å². The zero-order valence-corrected chi connectivity index (χ0v) is 12.7. The van der Waals surface area contributed by atoms with Crippen molar-refractivity contribution < 1.29 is 0 Å². The summed E-state index contributed by atoms with van der Waals surface area (Å²) in [5.41, 5.74) is 2.89. The van der Waals surface area contributed by atoms with Crippen molar-refractivity contribution in [2.45, 2.75) is 84.0 Å². The number of hydrazine groups is 1. The second-order valence-corrected chi connectivity index (χ2v) is 5.64. The Hall–Kier alpha value is -0.640. The fraction of sp³-hybridized carbons (Fsp3) is 1.00. The first kappa shape index (κ1) is 16.4. The lowest BCUT2D eigenvalue weighted by Crippen LogP contribution is -2.30. The molecule has 0 atom stereocenters. The Kier molecular flexibility index (Phi) is 10.7. The lowest BCUT2D eigenvalue weighted by atomic mass is 10.1. The highest BCUT2D eigenvalue weighted by atomic mass is 15.8. The number of hydrogen-bond acceptors (Lipinski definition) is 4. The van der Waals surface area contributed by atoms with Gasteiger partial charge in [0, 0.05) is 6.54 Å². The van der Waals surface area contributed by atoms with Gasteiger partial charge >= 0.3 is 0 Å². The Morgan fingerprint density at radius 3 is 1.79 bits per heavy atom. The van der Waals surface area contributed by atoms with Crippen LogP contribution in [0.25, 0.3) is 0 Å². The molecular weight excluding hydrogens is 236 g/mol. The molecule has 0 aliphatic carbocycles. The molecule has 1 aliphatic heterocycles. The molecule has 4 heteroatoms. The Bertz CT molecular complexity index is 210. The second kappa shape index (κ2) is 12.4. The largest absolute Gasteiger partial charge is 0.220 e. The highest BCUT2D eigenvalue weighted by molar-refractivity contribution is 4.53. The van der Waals surface area contributed by atoms with E-state index in [1.165, 1.54) is 77.0 Å². The van der Waals surface area contributed by atoms with Crippen molar-refractivity contribution in [1.82, 2.24) is 10.5 Å². The first-order valence-electron chi connectivity index (χ1n) is 8.30. The molecule has 0 radical (unpaired) electrons. The van der Waals surface area contributed by atoms with Crippen molar-refractivity contribution in [1.29, 1.82) is 0 Å². The van der Waals surface area contributed by atoms with Crippen LogP contribution in [-0.2, 0) is 0 Å². The van der Waals surface area contributed by atoms with Gasteiger partial charge in [0.1, 0.15) is 6.67 Å². The van der Waals surface area contributed by atoms with Crippen LogP contribution in [0.5, 0.6) is 0 Å². The Labute approximate surface area is 119 Å². The van der Waals surface area contributed by atoms with E-state index < -0.39 is 0 Å². The molecule has 0 amide bonds. The number of hydrogen-bond donors (Lipinski definition) is 1. The molecule has 0 unspecified atom stereocenters. The fourth-order valence-corrected chi connectivity index (χ4v) is 2.50. The molecule has 0 bridgehead atoms. The van der Waals surface area contributed by atoms with Gasteiger partial charge in [-0.3, -0.25) is 0 Å². The molecule has 0 spiro atoms. The first-order chi connectivity index (χ1) is 9.43. The Morgan fingerprint density at radius 1 is 0.789 bits per heavy atom. The van der Waals surface area contributed by atoms with E-state index >= 15 is 0 Å². The molecule has 1 N–H and O–H groups in total. The third-order valence-corrected chi connectivity index (χ3v) is 3.77. The van der Waals surface area contributed by atoms with E-state index in [0.717, 1.165) is 13.2 Å². The summed E-state index contributed by atoms with van der Waals surface area (Å²) in [5.74, 6) is 0. The zero-order valence-electron chi connectivity index (χ0n) is 12.7. The van der Waals surface area contributed by atoms with Crippen molar-refractivity contribution in [2.24, 2.45) is 10.3 Å². The molecule has 0 saturated carbocycles. The number of unbranched alkanes of at least 4 members (excludes halogenated alkanes) is 11. The van der Waals surface area contributed by atoms with Gasteiger partial charge in [-0.05, 0) is 6.42 Å². The molecule has 19 heavy (non-hydrogen) atoms. The van der Waals surface area contributed by atoms with E-state index in [0.29, 0.717) is 0 Å². The van der Waals surface area contributed by atoms with Crippen molar-refractivity contribution in [3.05, 3.63) is 0 Å². The third kappa shape index (κ3) is 9.88. The number of nitrogens with zero attached hydrogens (tertiary/aromatic N) is 3. The molecule has 0 fully saturated rings. The molecule has 0 aromatic carbocycles. The lowest BCUT2D eigenvalue weighted by molar-refractivity contribution is 0.231. The number of nitrogens with one attached hydrogen (secondary N) is 1. The van der Waals surface area contributed by atoms with Crippen LogP contribution in [0.4, 0.5) is 0 Å². The third-order valence-electron chi connectivity index (χ3n) is 3.77. The summed E-state index contributed by atoms with van der Waals surface area (Å²) in [7, 11) is 0. The summed E-state index contributed by atoms with van der Waals surface area (Å²) >= 11 is 0. The molecule has 0 aromatic rings. The molecule has 1 aliphatic rings. The second-order valence-electron chi connectivity index (χ2n) is 5.64. The van der Waals surface area contributed by atoms with E-state index in [-0.39, 0.29) is 0 Å². The summed E-state index contributed by atoms with van der Waals surface area (Å²) in [6.07, 6.45) is 16.9. The fourth-order valence-electron chi connectivity index (χ4n) is 2.50. The van der Waals surface area contributed by atoms with Crippen molar-refractivity contribution in [2.75, 3.05) is 13.2 Å². The number of rotatable bonds is 13. The van der Waals surface area contributed by atoms with Crippen LogP contribution < -0.4 is 5.53 Å². The summed E-state index contributed by atoms with van der Waals surface area (Å²) in [6.45, 7) is 4.08. The van der Waals surface area contributed by atoms with Gasteiger partial charge in [0.15, 0.2) is 0 Å². The normalized spacial score (nSPS) is 15.0. The maximum atomic E-state index is 3.88. The molecular formula is C15H32N4. The van der Waals surface area contributed by atoms with Crippen LogP contribution in [0.15, 0.2) is 10.3 Å². The average molecular weight is 268 g/mol. The van der Waals surface area contributed by atoms with E-state index in [2.05, 4.69) is 27.8 Å². The maximum Gasteiger partial charge on any atom is 0.133 e. The summed E-state index contributed by atoms with van der Waals surface area (Å²) in [4.78, 5) is 0. The minimum Gasteiger partial charge on any atom is -0.220 e. The van der Waals surface area contributed by atoms with Gasteiger partial charge in [0.05, 0.1) is 0 Å². The van der Waals surface area contributed by atoms with Crippen LogP contribution in [0.3, 0.4) is 0 Å². The predicted octanol–water partition coefficient (Wildman–Crippen LogP) is 4.83. The maximum absolute atomic E-state index is 3.88. The van der Waals surface area contributed by atoms with Gasteiger partial charge in [-0.25, -0.2) is 5.53 Å². The van der Waals surface area contributed by atoms with E-state index in [4.69, 9.17) is 0 Å². The van der Waals surface area contributed by atoms with Crippen molar-refractivity contribution in [3.8, 4) is 0 Å². The highest BCUT2D eigenvalue weighted by Crippen LogP contribution is 2.12. The van der Waals surface area contributed by atoms with Gasteiger partial charge in [0.2, 0.25) is 0 Å². The Morgan fingerprint density at radius 2 is 1.32 bits per heavy atom. The average Bonchev–Trinajstić information content (AvgIpc) is 2.93. The van der Waals surface area contributed by atoms with Gasteiger partial charge in [0.25, 0.3) is 0 Å². The van der Waals surface area contributed by atoms with E-state index in [9.17, 15) is 0 Å². The summed E-state index contributed by atoms with van der Waals surface area (Å²) < 4.78 is 0. The quantitative estimate of drug-likeness (QED) is 0.486. The van der Waals surface area contributed by atoms with Crippen molar-refractivity contribution >= 4 is 0 Å². The minimum atomic E-state index is 0.720.